The first-order valence-electron chi connectivity index (χ1n) is 21.2. The maximum Gasteiger partial charge on any atom is 0.472 e. The van der Waals surface area contributed by atoms with Crippen LogP contribution in [0.2, 0.25) is 0 Å². The number of allylic oxidation sites excluding steroid dienone is 4. The summed E-state index contributed by atoms with van der Waals surface area (Å²) in [6, 6.07) is 0. The van der Waals surface area contributed by atoms with Crippen molar-refractivity contribution in [3.05, 3.63) is 24.3 Å². The Morgan fingerprint density at radius 1 is 0.593 bits per heavy atom. The number of carbonyl (C=O) groups excluding carboxylic acids is 1. The van der Waals surface area contributed by atoms with Crippen LogP contribution in [0.5, 0.6) is 0 Å². The molecule has 54 heavy (non-hydrogen) atoms. The number of rotatable bonds is 35. The van der Waals surface area contributed by atoms with Crippen LogP contribution in [0, 0.1) is 0 Å². The molecule has 318 valence electrons. The van der Waals surface area contributed by atoms with Gasteiger partial charge in [0.15, 0.2) is 0 Å². The van der Waals surface area contributed by atoms with Crippen molar-refractivity contribution in [1.82, 2.24) is 0 Å². The summed E-state index contributed by atoms with van der Waals surface area (Å²) in [6.07, 6.45) is 22.8. The lowest BCUT2D eigenvalue weighted by Crippen LogP contribution is -2.64. The van der Waals surface area contributed by atoms with Gasteiger partial charge in [-0.15, -0.1) is 0 Å². The van der Waals surface area contributed by atoms with Crippen molar-refractivity contribution in [3.8, 4) is 0 Å². The second-order valence-electron chi connectivity index (χ2n) is 14.8. The number of ether oxygens (including phenoxy) is 2. The maximum absolute atomic E-state index is 12.7. The van der Waals surface area contributed by atoms with Gasteiger partial charge in [0.1, 0.15) is 42.7 Å². The van der Waals surface area contributed by atoms with E-state index in [0.717, 1.165) is 57.8 Å². The van der Waals surface area contributed by atoms with E-state index in [1.165, 1.54) is 83.5 Å². The fourth-order valence-corrected chi connectivity index (χ4v) is 7.36. The topological polar surface area (TPSA) is 192 Å². The average Bonchev–Trinajstić information content (AvgIpc) is 3.15. The summed E-state index contributed by atoms with van der Waals surface area (Å²) in [4.78, 5) is 22.9. The number of hydrogen-bond acceptors (Lipinski definition) is 11. The number of esters is 1. The SMILES string of the molecule is CCCCC/C=C\C/C=C\CCCCCCCCCCCCOCC(COP(=O)(O)OC1C(O)C(O)C(O)C(O)C1O)OC(=O)CCCCCCCCC. The molecule has 0 aliphatic heterocycles. The van der Waals surface area contributed by atoms with Crippen LogP contribution in [0.25, 0.3) is 0 Å². The smallest absolute Gasteiger partial charge is 0.457 e. The standard InChI is InChI=1S/C41H77O12P/c1-3-5-7-9-11-12-13-14-15-16-17-18-19-20-21-22-23-25-27-29-31-50-32-34(52-35(42)30-28-26-24-10-8-6-4-2)33-51-54(48,49)53-41-39(46)37(44)36(43)38(45)40(41)47/h11-12,14-15,34,36-41,43-47H,3-10,13,16-33H2,1-2H3,(H,48,49)/b12-11-,15-14-. The van der Waals surface area contributed by atoms with Crippen LogP contribution in [-0.4, -0.2) is 98.9 Å². The first kappa shape index (κ1) is 50.8. The molecule has 1 aliphatic rings. The Hall–Kier alpha value is -1.18. The molecule has 6 atom stereocenters. The maximum atomic E-state index is 12.7. The van der Waals surface area contributed by atoms with E-state index in [2.05, 4.69) is 38.2 Å². The molecular formula is C41H77O12P. The lowest BCUT2D eigenvalue weighted by molar-refractivity contribution is -0.220. The van der Waals surface area contributed by atoms with Gasteiger partial charge in [0, 0.05) is 13.0 Å². The monoisotopic (exact) mass is 793 g/mol. The Morgan fingerprint density at radius 3 is 1.59 bits per heavy atom. The molecule has 0 saturated heterocycles. The molecule has 1 aliphatic carbocycles. The van der Waals surface area contributed by atoms with E-state index in [9.17, 15) is 39.8 Å². The molecule has 0 amide bonds. The van der Waals surface area contributed by atoms with Crippen LogP contribution in [0.3, 0.4) is 0 Å². The minimum absolute atomic E-state index is 0.0764. The molecule has 0 aromatic heterocycles. The highest BCUT2D eigenvalue weighted by Crippen LogP contribution is 2.47. The van der Waals surface area contributed by atoms with E-state index in [1.54, 1.807) is 0 Å². The fraction of sp³-hybridized carbons (Fsp3) is 0.878. The van der Waals surface area contributed by atoms with Crippen molar-refractivity contribution in [3.63, 3.8) is 0 Å². The van der Waals surface area contributed by atoms with E-state index >= 15 is 0 Å². The predicted octanol–water partition coefficient (Wildman–Crippen LogP) is 7.75. The molecule has 0 heterocycles. The molecule has 13 heteroatoms. The van der Waals surface area contributed by atoms with Crippen LogP contribution < -0.4 is 0 Å². The van der Waals surface area contributed by atoms with Gasteiger partial charge in [0.2, 0.25) is 0 Å². The normalized spacial score (nSPS) is 23.6. The second kappa shape index (κ2) is 32.9. The average molecular weight is 793 g/mol. The predicted molar refractivity (Wildman–Crippen MR) is 212 cm³/mol. The minimum Gasteiger partial charge on any atom is -0.457 e. The van der Waals surface area contributed by atoms with Gasteiger partial charge in [-0.1, -0.05) is 141 Å². The number of phosphoric ester groups is 1. The first-order chi connectivity index (χ1) is 26.0. The van der Waals surface area contributed by atoms with Crippen LogP contribution in [0.15, 0.2) is 24.3 Å². The number of aliphatic hydroxyl groups is 5. The molecule has 0 spiro atoms. The molecular weight excluding hydrogens is 715 g/mol. The van der Waals surface area contributed by atoms with Gasteiger partial charge in [-0.3, -0.25) is 13.8 Å². The lowest BCUT2D eigenvalue weighted by Gasteiger charge is -2.41. The van der Waals surface area contributed by atoms with E-state index < -0.39 is 63.1 Å². The number of phosphoric acid groups is 1. The quantitative estimate of drug-likeness (QED) is 0.0159. The number of unbranched alkanes of at least 4 members (excludes halogenated alkanes) is 19. The molecule has 0 aromatic rings. The Kier molecular flexibility index (Phi) is 30.9. The van der Waals surface area contributed by atoms with Crippen molar-refractivity contribution in [1.29, 1.82) is 0 Å². The van der Waals surface area contributed by atoms with E-state index in [1.807, 2.05) is 0 Å². The van der Waals surface area contributed by atoms with E-state index in [-0.39, 0.29) is 13.0 Å². The summed E-state index contributed by atoms with van der Waals surface area (Å²) in [6.45, 7) is 4.16. The summed E-state index contributed by atoms with van der Waals surface area (Å²) in [5.41, 5.74) is 0. The summed E-state index contributed by atoms with van der Waals surface area (Å²) >= 11 is 0. The van der Waals surface area contributed by atoms with Crippen molar-refractivity contribution in [2.45, 2.75) is 211 Å². The lowest BCUT2D eigenvalue weighted by atomic mass is 9.85. The van der Waals surface area contributed by atoms with Gasteiger partial charge < -0.3 is 39.9 Å². The molecule has 12 nitrogen and oxygen atoms in total. The molecule has 0 radical (unpaired) electrons. The van der Waals surface area contributed by atoms with Crippen molar-refractivity contribution < 1.29 is 58.3 Å². The number of aliphatic hydroxyl groups excluding tert-OH is 5. The van der Waals surface area contributed by atoms with Crippen LogP contribution in [0.1, 0.15) is 168 Å². The van der Waals surface area contributed by atoms with Gasteiger partial charge in [-0.25, -0.2) is 4.57 Å². The second-order valence-corrected chi connectivity index (χ2v) is 16.3. The number of hydrogen-bond donors (Lipinski definition) is 6. The highest BCUT2D eigenvalue weighted by atomic mass is 31.2. The van der Waals surface area contributed by atoms with Crippen molar-refractivity contribution >= 4 is 13.8 Å². The third-order valence-electron chi connectivity index (χ3n) is 9.83. The highest BCUT2D eigenvalue weighted by Gasteiger charge is 2.51. The highest BCUT2D eigenvalue weighted by molar-refractivity contribution is 7.47. The van der Waals surface area contributed by atoms with Gasteiger partial charge >= 0.3 is 13.8 Å². The Bertz CT molecular complexity index is 995. The van der Waals surface area contributed by atoms with E-state index in [0.29, 0.717) is 13.0 Å². The minimum atomic E-state index is -5.00. The number of carbonyl (C=O) groups is 1. The molecule has 6 unspecified atom stereocenters. The van der Waals surface area contributed by atoms with Crippen LogP contribution >= 0.6 is 7.82 Å². The summed E-state index contributed by atoms with van der Waals surface area (Å²) in [5, 5.41) is 49.9. The molecule has 0 aromatic carbocycles. The largest absolute Gasteiger partial charge is 0.472 e. The van der Waals surface area contributed by atoms with Crippen LogP contribution in [-0.2, 0) is 27.9 Å². The fourth-order valence-electron chi connectivity index (χ4n) is 6.38. The third kappa shape index (κ3) is 25.1. The van der Waals surface area contributed by atoms with Gasteiger partial charge in [0.25, 0.3) is 0 Å². The zero-order chi connectivity index (χ0) is 39.9. The van der Waals surface area contributed by atoms with E-state index in [4.69, 9.17) is 18.5 Å². The third-order valence-corrected chi connectivity index (χ3v) is 10.8. The summed E-state index contributed by atoms with van der Waals surface area (Å²) in [7, 11) is -5.00. The van der Waals surface area contributed by atoms with Gasteiger partial charge in [-0.05, 0) is 44.9 Å². The van der Waals surface area contributed by atoms with Crippen molar-refractivity contribution in [2.24, 2.45) is 0 Å². The Morgan fingerprint density at radius 2 is 1.04 bits per heavy atom. The zero-order valence-corrected chi connectivity index (χ0v) is 34.4. The Labute approximate surface area is 326 Å². The molecule has 0 bridgehead atoms. The molecule has 1 saturated carbocycles. The first-order valence-corrected chi connectivity index (χ1v) is 22.7. The Balaban J connectivity index is 2.33. The zero-order valence-electron chi connectivity index (χ0n) is 33.5. The van der Waals surface area contributed by atoms with Gasteiger partial charge in [-0.2, -0.15) is 0 Å². The molecule has 1 fully saturated rings. The summed E-state index contributed by atoms with van der Waals surface area (Å²) in [5.74, 6) is -0.485. The van der Waals surface area contributed by atoms with Gasteiger partial charge in [0.05, 0.1) is 13.2 Å². The molecule has 6 N–H and O–H groups in total. The van der Waals surface area contributed by atoms with Crippen LogP contribution in [0.4, 0.5) is 0 Å². The summed E-state index contributed by atoms with van der Waals surface area (Å²) < 4.78 is 33.9. The molecule has 1 rings (SSSR count). The van der Waals surface area contributed by atoms with Crippen molar-refractivity contribution in [2.75, 3.05) is 19.8 Å².